The van der Waals surface area contributed by atoms with Gasteiger partial charge in [0.1, 0.15) is 12.4 Å². The van der Waals surface area contributed by atoms with Gasteiger partial charge in [-0.2, -0.15) is 5.10 Å². The third-order valence-electron chi connectivity index (χ3n) is 4.21. The highest BCUT2D eigenvalue weighted by molar-refractivity contribution is 9.10. The van der Waals surface area contributed by atoms with Gasteiger partial charge in [-0.25, -0.2) is 5.43 Å². The number of methoxy groups -OCH3 is 2. The Morgan fingerprint density at radius 1 is 0.967 bits per heavy atom. The molecule has 30 heavy (non-hydrogen) atoms. The highest BCUT2D eigenvalue weighted by atomic mass is 79.9. The lowest BCUT2D eigenvalue weighted by atomic mass is 10.2. The molecule has 0 aromatic heterocycles. The Balaban J connectivity index is 1.69. The monoisotopic (exact) mass is 468 g/mol. The third kappa shape index (κ3) is 5.61. The van der Waals surface area contributed by atoms with E-state index < -0.39 is 0 Å². The van der Waals surface area contributed by atoms with E-state index in [0.717, 1.165) is 15.6 Å². The normalized spacial score (nSPS) is 10.6. The van der Waals surface area contributed by atoms with Crippen LogP contribution in [0.1, 0.15) is 21.5 Å². The number of nitrogens with one attached hydrogen (secondary N) is 1. The van der Waals surface area contributed by atoms with Crippen LogP contribution in [0.15, 0.2) is 76.3 Å². The number of hydrazone groups is 1. The van der Waals surface area contributed by atoms with E-state index in [9.17, 15) is 4.79 Å². The van der Waals surface area contributed by atoms with Crippen molar-refractivity contribution in [2.24, 2.45) is 5.10 Å². The van der Waals surface area contributed by atoms with Gasteiger partial charge in [0.15, 0.2) is 11.5 Å². The van der Waals surface area contributed by atoms with Crippen LogP contribution < -0.4 is 19.6 Å². The van der Waals surface area contributed by atoms with Gasteiger partial charge in [0, 0.05) is 4.47 Å². The van der Waals surface area contributed by atoms with Crippen LogP contribution in [0.3, 0.4) is 0 Å². The number of rotatable bonds is 8. The lowest BCUT2D eigenvalue weighted by molar-refractivity contribution is 0.0952. The summed E-state index contributed by atoms with van der Waals surface area (Å²) >= 11 is 3.35. The summed E-state index contributed by atoms with van der Waals surface area (Å²) in [7, 11) is 3.10. The van der Waals surface area contributed by atoms with Gasteiger partial charge in [-0.3, -0.25) is 4.79 Å². The van der Waals surface area contributed by atoms with Gasteiger partial charge in [-0.15, -0.1) is 0 Å². The van der Waals surface area contributed by atoms with Crippen molar-refractivity contribution >= 4 is 28.1 Å². The van der Waals surface area contributed by atoms with E-state index in [4.69, 9.17) is 14.2 Å². The van der Waals surface area contributed by atoms with Crippen LogP contribution in [0.2, 0.25) is 0 Å². The van der Waals surface area contributed by atoms with E-state index in [1.54, 1.807) is 37.4 Å². The molecule has 154 valence electrons. The molecular formula is C23H21BrN2O4. The van der Waals surface area contributed by atoms with Crippen LogP contribution in [0, 0.1) is 0 Å². The Kier molecular flexibility index (Phi) is 7.45. The molecule has 0 saturated carbocycles. The maximum absolute atomic E-state index is 12.4. The van der Waals surface area contributed by atoms with Crippen molar-refractivity contribution < 1.29 is 19.0 Å². The number of amides is 1. The van der Waals surface area contributed by atoms with E-state index in [1.165, 1.54) is 13.3 Å². The summed E-state index contributed by atoms with van der Waals surface area (Å²) in [6.07, 6.45) is 1.54. The van der Waals surface area contributed by atoms with Gasteiger partial charge in [-0.1, -0.05) is 46.3 Å². The summed E-state index contributed by atoms with van der Waals surface area (Å²) in [5.74, 6) is 1.29. The van der Waals surface area contributed by atoms with Crippen LogP contribution in [-0.4, -0.2) is 26.3 Å². The molecule has 0 saturated heterocycles. The van der Waals surface area contributed by atoms with Crippen molar-refractivity contribution in [3.63, 3.8) is 0 Å². The highest BCUT2D eigenvalue weighted by Crippen LogP contribution is 2.28. The number of carbonyl (C=O) groups excluding carboxylic acids is 1. The predicted octanol–water partition coefficient (Wildman–Crippen LogP) is 4.81. The molecule has 0 spiro atoms. The van der Waals surface area contributed by atoms with Crippen molar-refractivity contribution in [2.45, 2.75) is 6.61 Å². The molecule has 3 rings (SSSR count). The number of hydrogen-bond donors (Lipinski definition) is 1. The fourth-order valence-electron chi connectivity index (χ4n) is 2.71. The van der Waals surface area contributed by atoms with Gasteiger partial charge in [0.2, 0.25) is 0 Å². The molecule has 3 aromatic rings. The van der Waals surface area contributed by atoms with Gasteiger partial charge in [-0.05, 0) is 47.5 Å². The number of ether oxygens (including phenoxy) is 3. The summed E-state index contributed by atoms with van der Waals surface area (Å²) in [6.45, 7) is 0.414. The van der Waals surface area contributed by atoms with Gasteiger partial charge in [0.05, 0.1) is 26.0 Å². The fourth-order valence-corrected chi connectivity index (χ4v) is 3.07. The lowest BCUT2D eigenvalue weighted by Gasteiger charge is -2.11. The number of carbonyl (C=O) groups is 1. The molecule has 0 heterocycles. The zero-order chi connectivity index (χ0) is 21.3. The molecule has 0 aliphatic heterocycles. The highest BCUT2D eigenvalue weighted by Gasteiger charge is 2.12. The standard InChI is InChI=1S/C23H21BrN2O4/c1-28-20-11-9-18(24)13-19(20)23(27)26-25-14-17-8-10-21(29-2)22(12-17)30-15-16-6-4-3-5-7-16/h3-14H,15H2,1-2H3,(H,26,27)/b25-14-. The van der Waals surface area contributed by atoms with Crippen molar-refractivity contribution in [1.29, 1.82) is 0 Å². The van der Waals surface area contributed by atoms with Crippen LogP contribution in [0.5, 0.6) is 17.2 Å². The van der Waals surface area contributed by atoms with Crippen LogP contribution in [-0.2, 0) is 6.61 Å². The second kappa shape index (κ2) is 10.5. The molecule has 0 aliphatic carbocycles. The first-order chi connectivity index (χ1) is 14.6. The molecule has 0 unspecified atom stereocenters. The van der Waals surface area contributed by atoms with E-state index in [0.29, 0.717) is 29.4 Å². The summed E-state index contributed by atoms with van der Waals surface area (Å²) in [5.41, 5.74) is 4.69. The quantitative estimate of drug-likeness (QED) is 0.380. The molecule has 1 amide bonds. The summed E-state index contributed by atoms with van der Waals surface area (Å²) < 4.78 is 17.3. The average Bonchev–Trinajstić information content (AvgIpc) is 2.78. The van der Waals surface area contributed by atoms with E-state index in [1.807, 2.05) is 36.4 Å². The van der Waals surface area contributed by atoms with Crippen molar-refractivity contribution in [3.05, 3.63) is 87.9 Å². The maximum atomic E-state index is 12.4. The molecule has 0 atom stereocenters. The van der Waals surface area contributed by atoms with Crippen LogP contribution >= 0.6 is 15.9 Å². The maximum Gasteiger partial charge on any atom is 0.275 e. The topological polar surface area (TPSA) is 69.2 Å². The first-order valence-electron chi connectivity index (χ1n) is 9.12. The third-order valence-corrected chi connectivity index (χ3v) is 4.70. The van der Waals surface area contributed by atoms with Crippen LogP contribution in [0.4, 0.5) is 0 Å². The Morgan fingerprint density at radius 2 is 1.70 bits per heavy atom. The SMILES string of the molecule is COc1ccc(/C=N\NC(=O)c2cc(Br)ccc2OC)cc1OCc1ccccc1. The number of benzene rings is 3. The van der Waals surface area contributed by atoms with Gasteiger partial charge >= 0.3 is 0 Å². The molecule has 1 N–H and O–H groups in total. The van der Waals surface area contributed by atoms with Crippen LogP contribution in [0.25, 0.3) is 0 Å². The molecular weight excluding hydrogens is 448 g/mol. The minimum absolute atomic E-state index is 0.376. The molecule has 3 aromatic carbocycles. The second-order valence-corrected chi connectivity index (χ2v) is 7.14. The summed E-state index contributed by atoms with van der Waals surface area (Å²) in [5, 5.41) is 4.05. The first kappa shape index (κ1) is 21.4. The predicted molar refractivity (Wildman–Crippen MR) is 120 cm³/mol. The first-order valence-corrected chi connectivity index (χ1v) is 9.91. The smallest absolute Gasteiger partial charge is 0.275 e. The molecule has 6 nitrogen and oxygen atoms in total. The van der Waals surface area contributed by atoms with E-state index in [-0.39, 0.29) is 5.91 Å². The molecule has 0 aliphatic rings. The van der Waals surface area contributed by atoms with E-state index >= 15 is 0 Å². The van der Waals surface area contributed by atoms with Crippen molar-refractivity contribution in [3.8, 4) is 17.2 Å². The largest absolute Gasteiger partial charge is 0.496 e. The van der Waals surface area contributed by atoms with Gasteiger partial charge < -0.3 is 14.2 Å². The minimum Gasteiger partial charge on any atom is -0.496 e. The second-order valence-electron chi connectivity index (χ2n) is 6.23. The summed E-state index contributed by atoms with van der Waals surface area (Å²) in [4.78, 5) is 12.4. The zero-order valence-corrected chi connectivity index (χ0v) is 18.2. The minimum atomic E-state index is -0.376. The molecule has 0 bridgehead atoms. The zero-order valence-electron chi connectivity index (χ0n) is 16.6. The number of nitrogens with zero attached hydrogens (tertiary/aromatic N) is 1. The summed E-state index contributed by atoms with van der Waals surface area (Å²) in [6, 6.07) is 20.5. The molecule has 0 radical (unpaired) electrons. The fraction of sp³-hybridized carbons (Fsp3) is 0.130. The Labute approximate surface area is 183 Å². The Hall–Kier alpha value is -3.32. The number of hydrogen-bond acceptors (Lipinski definition) is 5. The molecule has 7 heteroatoms. The Morgan fingerprint density at radius 3 is 2.43 bits per heavy atom. The van der Waals surface area contributed by atoms with E-state index in [2.05, 4.69) is 26.5 Å². The Bertz CT molecular complexity index is 1040. The lowest BCUT2D eigenvalue weighted by Crippen LogP contribution is -2.18. The van der Waals surface area contributed by atoms with Crippen molar-refractivity contribution in [1.82, 2.24) is 5.43 Å². The average molecular weight is 469 g/mol. The molecule has 0 fully saturated rings. The van der Waals surface area contributed by atoms with Gasteiger partial charge in [0.25, 0.3) is 5.91 Å². The van der Waals surface area contributed by atoms with Crippen molar-refractivity contribution in [2.75, 3.05) is 14.2 Å². The number of halogens is 1.